The van der Waals surface area contributed by atoms with Gasteiger partial charge in [-0.1, -0.05) is 49.4 Å². The number of amides is 2. The van der Waals surface area contributed by atoms with Crippen LogP contribution in [0.15, 0.2) is 72.3 Å². The molecule has 37 heavy (non-hydrogen) atoms. The normalized spacial score (nSPS) is 22.0. The zero-order chi connectivity index (χ0) is 26.4. The van der Waals surface area contributed by atoms with Gasteiger partial charge in [-0.3, -0.25) is 9.59 Å². The van der Waals surface area contributed by atoms with Crippen LogP contribution in [0.3, 0.4) is 0 Å². The van der Waals surface area contributed by atoms with Gasteiger partial charge in [0, 0.05) is 24.2 Å². The van der Waals surface area contributed by atoms with Gasteiger partial charge in [0.05, 0.1) is 25.7 Å². The lowest BCUT2D eigenvalue weighted by Gasteiger charge is -2.40. The number of aliphatic hydroxyl groups is 2. The largest absolute Gasteiger partial charge is 0.496 e. The highest BCUT2D eigenvalue weighted by Crippen LogP contribution is 2.47. The number of nitrogens with zero attached hydrogens (tertiary/aromatic N) is 1. The third-order valence-corrected chi connectivity index (χ3v) is 6.83. The van der Waals surface area contributed by atoms with E-state index in [4.69, 9.17) is 9.47 Å². The monoisotopic (exact) mass is 506 g/mol. The summed E-state index contributed by atoms with van der Waals surface area (Å²) in [6.45, 7) is 2.13. The highest BCUT2D eigenvalue weighted by atomic mass is 16.5. The van der Waals surface area contributed by atoms with Crippen molar-refractivity contribution in [3.8, 4) is 11.5 Å². The molecule has 1 heterocycles. The van der Waals surface area contributed by atoms with Crippen molar-refractivity contribution in [2.24, 2.45) is 0 Å². The average molecular weight is 507 g/mol. The van der Waals surface area contributed by atoms with Crippen molar-refractivity contribution in [3.63, 3.8) is 0 Å². The van der Waals surface area contributed by atoms with E-state index in [0.29, 0.717) is 30.7 Å². The van der Waals surface area contributed by atoms with Crippen LogP contribution < -0.4 is 14.8 Å². The Bertz CT molecular complexity index is 1180. The number of nitrogens with one attached hydrogen (secondary N) is 1. The van der Waals surface area contributed by atoms with Crippen LogP contribution in [0.4, 0.5) is 0 Å². The van der Waals surface area contributed by atoms with Crippen LogP contribution in [0.2, 0.25) is 0 Å². The lowest BCUT2D eigenvalue weighted by molar-refractivity contribution is -0.132. The van der Waals surface area contributed by atoms with Gasteiger partial charge in [0.1, 0.15) is 23.7 Å². The number of ether oxygens (including phenoxy) is 2. The zero-order valence-electron chi connectivity index (χ0n) is 21.2. The van der Waals surface area contributed by atoms with Crippen molar-refractivity contribution in [3.05, 3.63) is 83.5 Å². The first-order valence-corrected chi connectivity index (χ1v) is 12.6. The molecule has 0 saturated heterocycles. The fraction of sp³-hybridized carbons (Fsp3) is 0.379. The second-order valence-electron chi connectivity index (χ2n) is 9.08. The molecule has 0 fully saturated rings. The van der Waals surface area contributed by atoms with Crippen LogP contribution in [0, 0.1) is 0 Å². The van der Waals surface area contributed by atoms with Gasteiger partial charge in [0.2, 0.25) is 11.8 Å². The molecule has 2 aliphatic rings. The van der Waals surface area contributed by atoms with Gasteiger partial charge >= 0.3 is 0 Å². The number of rotatable bonds is 10. The molecular formula is C29H34N2O6. The maximum absolute atomic E-state index is 13.4. The molecule has 4 atom stereocenters. The summed E-state index contributed by atoms with van der Waals surface area (Å²) in [5, 5.41) is 23.5. The van der Waals surface area contributed by atoms with E-state index in [9.17, 15) is 19.8 Å². The lowest BCUT2D eigenvalue weighted by atomic mass is 9.77. The predicted octanol–water partition coefficient (Wildman–Crippen LogP) is 2.36. The van der Waals surface area contributed by atoms with Crippen molar-refractivity contribution >= 4 is 11.8 Å². The molecule has 1 aliphatic carbocycles. The first-order valence-electron chi connectivity index (χ1n) is 12.6. The average Bonchev–Trinajstić information content (AvgIpc) is 3.32. The minimum absolute atomic E-state index is 0.0962. The van der Waals surface area contributed by atoms with Crippen LogP contribution in [0.1, 0.15) is 30.4 Å². The van der Waals surface area contributed by atoms with E-state index in [0.717, 1.165) is 16.9 Å². The fourth-order valence-electron chi connectivity index (χ4n) is 5.06. The molecule has 0 saturated carbocycles. The smallest absolute Gasteiger partial charge is 0.247 e. The summed E-state index contributed by atoms with van der Waals surface area (Å²) in [7, 11) is 1.60. The lowest BCUT2D eigenvalue weighted by Crippen LogP contribution is -2.56. The van der Waals surface area contributed by atoms with E-state index in [2.05, 4.69) is 5.32 Å². The minimum atomic E-state index is -1.07. The number of fused-ring (bicyclic) bond motifs is 3. The standard InChI is InChI=1S/C29H34N2O6/c1-3-4-13-25(33)31(16-14-19-9-5-7-11-23(19)36-2)22-18-21(29(35)30-15-17-32)26-20-10-6-8-12-24(20)37-28(26)27(22)34/h4-13,18,22,26-28,32,34H,3,14-17H2,1-2H3,(H,30,35)/t22-,26+,27+,28+/m1/s1. The molecule has 0 bridgehead atoms. The van der Waals surface area contributed by atoms with Crippen LogP contribution in [0.5, 0.6) is 11.5 Å². The summed E-state index contributed by atoms with van der Waals surface area (Å²) in [6, 6.07) is 14.2. The van der Waals surface area contributed by atoms with E-state index in [1.54, 1.807) is 24.2 Å². The third kappa shape index (κ3) is 5.55. The van der Waals surface area contributed by atoms with Gasteiger partial charge in [-0.15, -0.1) is 0 Å². The molecule has 1 aliphatic heterocycles. The number of aliphatic hydroxyl groups excluding tert-OH is 2. The second-order valence-corrected chi connectivity index (χ2v) is 9.08. The number of methoxy groups -OCH3 is 1. The summed E-state index contributed by atoms with van der Waals surface area (Å²) in [4.78, 5) is 28.2. The van der Waals surface area contributed by atoms with Gasteiger partial charge in [0.25, 0.3) is 0 Å². The van der Waals surface area contributed by atoms with E-state index in [-0.39, 0.29) is 25.0 Å². The summed E-state index contributed by atoms with van der Waals surface area (Å²) >= 11 is 0. The molecule has 0 spiro atoms. The fourth-order valence-corrected chi connectivity index (χ4v) is 5.06. The number of hydrogen-bond donors (Lipinski definition) is 3. The molecule has 2 amide bonds. The number of benzene rings is 2. The first-order chi connectivity index (χ1) is 18.0. The number of allylic oxidation sites excluding steroid dienone is 1. The Morgan fingerprint density at radius 1 is 1.16 bits per heavy atom. The molecule has 2 aromatic rings. The molecule has 4 rings (SSSR count). The maximum Gasteiger partial charge on any atom is 0.247 e. The van der Waals surface area contributed by atoms with Gasteiger partial charge in [-0.2, -0.15) is 0 Å². The summed E-state index contributed by atoms with van der Waals surface area (Å²) in [6.07, 6.45) is 4.34. The number of carbonyl (C=O) groups is 2. The Hall–Kier alpha value is -3.62. The van der Waals surface area contributed by atoms with E-state index in [1.165, 1.54) is 6.08 Å². The first kappa shape index (κ1) is 26.4. The molecule has 8 nitrogen and oxygen atoms in total. The molecule has 2 aromatic carbocycles. The van der Waals surface area contributed by atoms with Gasteiger partial charge in [-0.25, -0.2) is 0 Å². The molecule has 0 radical (unpaired) electrons. The molecule has 0 aromatic heterocycles. The van der Waals surface area contributed by atoms with Crippen molar-refractivity contribution in [1.29, 1.82) is 0 Å². The zero-order valence-corrected chi connectivity index (χ0v) is 21.2. The van der Waals surface area contributed by atoms with Crippen LogP contribution in [-0.4, -0.2) is 72.0 Å². The highest BCUT2D eigenvalue weighted by Gasteiger charge is 2.50. The molecule has 3 N–H and O–H groups in total. The van der Waals surface area contributed by atoms with Gasteiger partial charge < -0.3 is 29.9 Å². The van der Waals surface area contributed by atoms with Crippen LogP contribution in [-0.2, 0) is 16.0 Å². The Kier molecular flexibility index (Phi) is 8.63. The van der Waals surface area contributed by atoms with Gasteiger partial charge in [-0.05, 0) is 42.7 Å². The predicted molar refractivity (Wildman–Crippen MR) is 139 cm³/mol. The topological polar surface area (TPSA) is 108 Å². The molecule has 196 valence electrons. The molecular weight excluding hydrogens is 472 g/mol. The molecule has 0 unspecified atom stereocenters. The van der Waals surface area contributed by atoms with E-state index < -0.39 is 24.2 Å². The SMILES string of the molecule is CCC=CC(=O)N(CCc1ccccc1OC)[C@@H]1C=C(C(=O)NCCO)[C@@H]2c3ccccc3O[C@@H]2[C@H]1O. The van der Waals surface area contributed by atoms with E-state index in [1.807, 2.05) is 55.5 Å². The number of hydrogen-bond acceptors (Lipinski definition) is 6. The Balaban J connectivity index is 1.72. The van der Waals surface area contributed by atoms with E-state index >= 15 is 0 Å². The Labute approximate surface area is 217 Å². The highest BCUT2D eigenvalue weighted by molar-refractivity contribution is 5.96. The summed E-state index contributed by atoms with van der Waals surface area (Å²) in [5.41, 5.74) is 2.15. The Morgan fingerprint density at radius 3 is 2.68 bits per heavy atom. The summed E-state index contributed by atoms with van der Waals surface area (Å²) < 4.78 is 11.6. The minimum Gasteiger partial charge on any atom is -0.496 e. The quantitative estimate of drug-likeness (QED) is 0.427. The van der Waals surface area contributed by atoms with Crippen molar-refractivity contribution in [2.45, 2.75) is 43.9 Å². The maximum atomic E-state index is 13.4. The Morgan fingerprint density at radius 2 is 1.92 bits per heavy atom. The second kappa shape index (κ2) is 12.1. The van der Waals surface area contributed by atoms with Crippen molar-refractivity contribution in [1.82, 2.24) is 10.2 Å². The van der Waals surface area contributed by atoms with Crippen LogP contribution in [0.25, 0.3) is 0 Å². The van der Waals surface area contributed by atoms with Crippen molar-refractivity contribution < 1.29 is 29.3 Å². The van der Waals surface area contributed by atoms with Crippen molar-refractivity contribution in [2.75, 3.05) is 26.8 Å². The van der Waals surface area contributed by atoms with Crippen LogP contribution >= 0.6 is 0 Å². The number of para-hydroxylation sites is 2. The number of carbonyl (C=O) groups excluding carboxylic acids is 2. The van der Waals surface area contributed by atoms with Gasteiger partial charge in [0.15, 0.2) is 0 Å². The molecule has 8 heteroatoms. The third-order valence-electron chi connectivity index (χ3n) is 6.83. The summed E-state index contributed by atoms with van der Waals surface area (Å²) in [5.74, 6) is 0.218.